The Bertz CT molecular complexity index is 1410. The second kappa shape index (κ2) is 23.1. The van der Waals surface area contributed by atoms with E-state index < -0.39 is 59.7 Å². The molecule has 0 bridgehead atoms. The van der Waals surface area contributed by atoms with Crippen LogP contribution in [-0.4, -0.2) is 84.2 Å². The second-order valence-corrected chi connectivity index (χ2v) is 14.0. The molecule has 0 heterocycles. The SMILES string of the molecule is CSCC[C@H](NC(=O)[C@H](CC(C)C)NC(=O)[C@@H](C)NC(=O)[C@H](Cc1ccccc1)NC(=O)[C@H](Cc1ccccc1)NC(=O)CCCCN)C(N)=O. The van der Waals surface area contributed by atoms with Gasteiger partial charge in [-0.25, -0.2) is 0 Å². The minimum absolute atomic E-state index is 0.0135. The van der Waals surface area contributed by atoms with E-state index in [0.29, 0.717) is 31.6 Å². The highest BCUT2D eigenvalue weighted by Crippen LogP contribution is 2.10. The standard InChI is InChI=1S/C37H55N7O6S/c1-24(2)21-29(36(49)42-28(33(39)46)18-20-51-4)43-34(47)25(3)40-35(48)31(23-27-15-9-6-10-16-27)44-37(50)30(22-26-13-7-5-8-14-26)41-32(45)17-11-12-19-38/h5-10,13-16,24-25,28-31H,11-12,17-23,38H2,1-4H3,(H2,39,46)(H,40,48)(H,41,45)(H,42,49)(H,43,47)(H,44,50)/t25-,28+,29+,30+,31+/m1/s1. The normalized spacial score (nSPS) is 13.9. The first-order valence-electron chi connectivity index (χ1n) is 17.4. The largest absolute Gasteiger partial charge is 0.368 e. The van der Waals surface area contributed by atoms with E-state index in [1.165, 1.54) is 18.7 Å². The number of rotatable bonds is 23. The van der Waals surface area contributed by atoms with Crippen molar-refractivity contribution in [2.24, 2.45) is 17.4 Å². The van der Waals surface area contributed by atoms with Crippen LogP contribution in [-0.2, 0) is 41.6 Å². The highest BCUT2D eigenvalue weighted by molar-refractivity contribution is 7.98. The predicted octanol–water partition coefficient (Wildman–Crippen LogP) is 1.33. The fourth-order valence-corrected chi connectivity index (χ4v) is 5.73. The smallest absolute Gasteiger partial charge is 0.243 e. The summed E-state index contributed by atoms with van der Waals surface area (Å²) < 4.78 is 0. The number of primary amides is 1. The maximum Gasteiger partial charge on any atom is 0.243 e. The Morgan fingerprint density at radius 3 is 1.65 bits per heavy atom. The van der Waals surface area contributed by atoms with Gasteiger partial charge >= 0.3 is 0 Å². The lowest BCUT2D eigenvalue weighted by Gasteiger charge is -2.26. The average Bonchev–Trinajstić information content (AvgIpc) is 3.09. The lowest BCUT2D eigenvalue weighted by Crippen LogP contribution is -2.59. The first-order valence-corrected chi connectivity index (χ1v) is 18.8. The Morgan fingerprint density at radius 2 is 1.14 bits per heavy atom. The van der Waals surface area contributed by atoms with Gasteiger partial charge in [0.25, 0.3) is 0 Å². The van der Waals surface area contributed by atoms with Crippen molar-refractivity contribution >= 4 is 47.2 Å². The number of hydrogen-bond acceptors (Lipinski definition) is 8. The molecule has 0 aliphatic carbocycles. The molecule has 2 aromatic rings. The maximum atomic E-state index is 13.8. The Labute approximate surface area is 305 Å². The molecule has 51 heavy (non-hydrogen) atoms. The summed E-state index contributed by atoms with van der Waals surface area (Å²) in [4.78, 5) is 78.9. The summed E-state index contributed by atoms with van der Waals surface area (Å²) in [6, 6.07) is 13.3. The second-order valence-electron chi connectivity index (χ2n) is 13.0. The van der Waals surface area contributed by atoms with Crippen molar-refractivity contribution in [1.29, 1.82) is 0 Å². The van der Waals surface area contributed by atoms with Gasteiger partial charge in [-0.15, -0.1) is 0 Å². The van der Waals surface area contributed by atoms with Crippen molar-refractivity contribution in [3.8, 4) is 0 Å². The monoisotopic (exact) mass is 725 g/mol. The lowest BCUT2D eigenvalue weighted by molar-refractivity contribution is -0.135. The summed E-state index contributed by atoms with van der Waals surface area (Å²) in [5, 5.41) is 13.7. The zero-order valence-electron chi connectivity index (χ0n) is 30.1. The molecule has 0 radical (unpaired) electrons. The van der Waals surface area contributed by atoms with Gasteiger partial charge in [0.2, 0.25) is 35.4 Å². The number of benzene rings is 2. The van der Waals surface area contributed by atoms with Gasteiger partial charge in [-0.2, -0.15) is 11.8 Å². The van der Waals surface area contributed by atoms with Crippen LogP contribution in [0.15, 0.2) is 60.7 Å². The third-order valence-electron chi connectivity index (χ3n) is 8.07. The molecule has 0 fully saturated rings. The van der Waals surface area contributed by atoms with Gasteiger partial charge in [-0.05, 0) is 68.2 Å². The van der Waals surface area contributed by atoms with Crippen molar-refractivity contribution in [2.45, 2.75) is 95.9 Å². The lowest BCUT2D eigenvalue weighted by atomic mass is 10.0. The molecule has 0 saturated heterocycles. The van der Waals surface area contributed by atoms with Crippen LogP contribution in [0.5, 0.6) is 0 Å². The minimum atomic E-state index is -1.11. The predicted molar refractivity (Wildman–Crippen MR) is 200 cm³/mol. The molecule has 6 amide bonds. The highest BCUT2D eigenvalue weighted by atomic mass is 32.2. The van der Waals surface area contributed by atoms with Gasteiger partial charge in [-0.1, -0.05) is 74.5 Å². The molecule has 0 spiro atoms. The topological polar surface area (TPSA) is 215 Å². The number of amides is 6. The molecule has 0 saturated carbocycles. The zero-order valence-corrected chi connectivity index (χ0v) is 30.9. The molecule has 13 nitrogen and oxygen atoms in total. The average molecular weight is 726 g/mol. The third kappa shape index (κ3) is 16.4. The van der Waals surface area contributed by atoms with Crippen LogP contribution in [0.4, 0.5) is 0 Å². The van der Waals surface area contributed by atoms with E-state index in [4.69, 9.17) is 11.5 Å². The molecule has 0 aliphatic rings. The van der Waals surface area contributed by atoms with E-state index in [0.717, 1.165) is 11.1 Å². The number of thioether (sulfide) groups is 1. The highest BCUT2D eigenvalue weighted by Gasteiger charge is 2.31. The molecule has 280 valence electrons. The van der Waals surface area contributed by atoms with E-state index in [-0.39, 0.29) is 37.5 Å². The molecule has 0 unspecified atom stereocenters. The third-order valence-corrected chi connectivity index (χ3v) is 8.71. The van der Waals surface area contributed by atoms with E-state index >= 15 is 0 Å². The molecule has 5 atom stereocenters. The van der Waals surface area contributed by atoms with Crippen molar-refractivity contribution in [2.75, 3.05) is 18.6 Å². The van der Waals surface area contributed by atoms with E-state index in [9.17, 15) is 28.8 Å². The first-order chi connectivity index (χ1) is 24.3. The fraction of sp³-hybridized carbons (Fsp3) is 0.514. The van der Waals surface area contributed by atoms with Gasteiger partial charge in [0.05, 0.1) is 0 Å². The summed E-state index contributed by atoms with van der Waals surface area (Å²) in [6.07, 6.45) is 4.25. The van der Waals surface area contributed by atoms with Crippen LogP contribution < -0.4 is 38.1 Å². The molecular formula is C37H55N7O6S. The maximum absolute atomic E-state index is 13.8. The molecule has 0 aliphatic heterocycles. The van der Waals surface area contributed by atoms with Crippen LogP contribution in [0, 0.1) is 5.92 Å². The number of nitrogens with two attached hydrogens (primary N) is 2. The van der Waals surface area contributed by atoms with Crippen LogP contribution in [0.25, 0.3) is 0 Å². The summed E-state index contributed by atoms with van der Waals surface area (Å²) in [5.41, 5.74) is 12.7. The van der Waals surface area contributed by atoms with Crippen LogP contribution in [0.2, 0.25) is 0 Å². The number of nitrogens with one attached hydrogen (secondary N) is 5. The van der Waals surface area contributed by atoms with Crippen LogP contribution >= 0.6 is 11.8 Å². The van der Waals surface area contributed by atoms with Crippen molar-refractivity contribution in [1.82, 2.24) is 26.6 Å². The quantitative estimate of drug-likeness (QED) is 0.0828. The van der Waals surface area contributed by atoms with Gasteiger partial charge < -0.3 is 38.1 Å². The summed E-state index contributed by atoms with van der Waals surface area (Å²) >= 11 is 1.51. The van der Waals surface area contributed by atoms with E-state index in [1.54, 1.807) is 0 Å². The number of carbonyl (C=O) groups is 6. The number of hydrogen-bond donors (Lipinski definition) is 7. The molecule has 9 N–H and O–H groups in total. The van der Waals surface area contributed by atoms with Crippen LogP contribution in [0.3, 0.4) is 0 Å². The molecule has 14 heteroatoms. The van der Waals surface area contributed by atoms with Crippen LogP contribution in [0.1, 0.15) is 64.0 Å². The Balaban J connectivity index is 2.23. The summed E-state index contributed by atoms with van der Waals surface area (Å²) in [6.45, 7) is 5.71. The molecule has 2 rings (SSSR count). The zero-order chi connectivity index (χ0) is 37.8. The summed E-state index contributed by atoms with van der Waals surface area (Å²) in [5.74, 6) is -2.72. The van der Waals surface area contributed by atoms with Crippen molar-refractivity contribution < 1.29 is 28.8 Å². The number of unbranched alkanes of at least 4 members (excludes halogenated alkanes) is 1. The number of carbonyl (C=O) groups excluding carboxylic acids is 6. The molecule has 0 aromatic heterocycles. The molecule has 2 aromatic carbocycles. The Morgan fingerprint density at radius 1 is 0.647 bits per heavy atom. The first kappa shape index (κ1) is 42.7. The van der Waals surface area contributed by atoms with Crippen molar-refractivity contribution in [3.63, 3.8) is 0 Å². The van der Waals surface area contributed by atoms with Gasteiger partial charge in [0.15, 0.2) is 0 Å². The van der Waals surface area contributed by atoms with Gasteiger partial charge in [0, 0.05) is 19.3 Å². The Kier molecular flexibility index (Phi) is 19.4. The Hall–Kier alpha value is -4.43. The van der Waals surface area contributed by atoms with Gasteiger partial charge in [0.1, 0.15) is 30.2 Å². The van der Waals surface area contributed by atoms with Gasteiger partial charge in [-0.3, -0.25) is 28.8 Å². The summed E-state index contributed by atoms with van der Waals surface area (Å²) in [7, 11) is 0. The van der Waals surface area contributed by atoms with E-state index in [2.05, 4.69) is 26.6 Å². The van der Waals surface area contributed by atoms with Crippen molar-refractivity contribution in [3.05, 3.63) is 71.8 Å². The van der Waals surface area contributed by atoms with E-state index in [1.807, 2.05) is 80.8 Å². The molecular weight excluding hydrogens is 671 g/mol. The fourth-order valence-electron chi connectivity index (χ4n) is 5.26. The minimum Gasteiger partial charge on any atom is -0.368 e.